The summed E-state index contributed by atoms with van der Waals surface area (Å²) in [5.74, 6) is 0. The first kappa shape index (κ1) is 14.9. The minimum absolute atomic E-state index is 0.356. The molecule has 0 aliphatic heterocycles. The molecule has 0 aliphatic carbocycles. The van der Waals surface area contributed by atoms with Crippen molar-refractivity contribution in [2.45, 2.75) is 31.8 Å². The number of hydrogen-bond acceptors (Lipinski definition) is 3. The van der Waals surface area contributed by atoms with E-state index in [1.807, 2.05) is 30.3 Å². The molecule has 0 saturated carbocycles. The molecule has 0 aromatic heterocycles. The van der Waals surface area contributed by atoms with Crippen molar-refractivity contribution in [3.63, 3.8) is 0 Å². The van der Waals surface area contributed by atoms with Crippen molar-refractivity contribution in [3.05, 3.63) is 35.9 Å². The van der Waals surface area contributed by atoms with Gasteiger partial charge in [-0.25, -0.2) is 4.79 Å². The summed E-state index contributed by atoms with van der Waals surface area (Å²) in [5.41, 5.74) is 0.939. The second-order valence-corrected chi connectivity index (χ2v) is 11.1. The molecule has 1 unspecified atom stereocenters. The van der Waals surface area contributed by atoms with Gasteiger partial charge in [-0.2, -0.15) is 0 Å². The maximum atomic E-state index is 10.4. The highest BCUT2D eigenvalue weighted by atomic mass is 28.3. The Morgan fingerprint density at radius 3 is 2.44 bits per heavy atom. The number of hydrogen-bond donors (Lipinski definition) is 0. The van der Waals surface area contributed by atoms with Gasteiger partial charge in [0.05, 0.1) is 6.61 Å². The first-order valence-electron chi connectivity index (χ1n) is 6.18. The van der Waals surface area contributed by atoms with Crippen LogP contribution in [-0.2, 0) is 14.3 Å². The van der Waals surface area contributed by atoms with Gasteiger partial charge in [-0.05, 0) is 11.6 Å². The van der Waals surface area contributed by atoms with E-state index in [1.54, 1.807) is 0 Å². The fourth-order valence-electron chi connectivity index (χ4n) is 1.49. The monoisotopic (exact) mass is 265 g/mol. The van der Waals surface area contributed by atoms with Gasteiger partial charge in [0.25, 0.3) is 0 Å². The molecule has 1 atom stereocenters. The maximum Gasteiger partial charge on any atom is 0.418 e. The Labute approximate surface area is 110 Å². The van der Waals surface area contributed by atoms with E-state index >= 15 is 0 Å². The molecule has 0 amide bonds. The highest BCUT2D eigenvalue weighted by Gasteiger charge is 2.15. The van der Waals surface area contributed by atoms with Crippen molar-refractivity contribution in [1.82, 2.24) is 0 Å². The molecular weight excluding hydrogens is 244 g/mol. The number of rotatable bonds is 8. The summed E-state index contributed by atoms with van der Waals surface area (Å²) in [6.45, 7) is 9.54. The first-order valence-corrected chi connectivity index (χ1v) is 9.89. The maximum absolute atomic E-state index is 10.4. The molecule has 0 saturated heterocycles. The second kappa shape index (κ2) is 7.33. The minimum atomic E-state index is -1.07. The lowest BCUT2D eigenvalue weighted by atomic mass is 10.1. The molecule has 1 aromatic carbocycles. The Kier molecular flexibility index (Phi) is 6.08. The molecule has 0 heterocycles. The lowest BCUT2D eigenvalue weighted by molar-refractivity contribution is 0.0471. The van der Waals surface area contributed by atoms with E-state index in [4.69, 9.17) is 9.47 Å². The molecule has 99 valence electrons. The highest BCUT2D eigenvalue weighted by molar-refractivity contribution is 6.76. The smallest absolute Gasteiger partial charge is 0.418 e. The van der Waals surface area contributed by atoms with Crippen LogP contribution in [0, 0.1) is 0 Å². The largest absolute Gasteiger partial charge is 0.447 e. The van der Waals surface area contributed by atoms with Crippen LogP contribution in [0.25, 0.3) is 0 Å². The number of carbonyl (C=O) groups excluding carboxylic acids is 1. The van der Waals surface area contributed by atoms with Crippen LogP contribution in [0.1, 0.15) is 11.7 Å². The fourth-order valence-corrected chi connectivity index (χ4v) is 2.25. The van der Waals surface area contributed by atoms with E-state index in [0.29, 0.717) is 6.61 Å². The third kappa shape index (κ3) is 5.98. The quantitative estimate of drug-likeness (QED) is 0.535. The summed E-state index contributed by atoms with van der Waals surface area (Å²) in [4.78, 5) is 10.4. The molecule has 1 rings (SSSR count). The van der Waals surface area contributed by atoms with E-state index in [-0.39, 0.29) is 6.10 Å². The topological polar surface area (TPSA) is 35.5 Å². The van der Waals surface area contributed by atoms with Crippen molar-refractivity contribution in [3.8, 4) is 0 Å². The summed E-state index contributed by atoms with van der Waals surface area (Å²) >= 11 is 0. The Morgan fingerprint density at radius 2 is 1.89 bits per heavy atom. The summed E-state index contributed by atoms with van der Waals surface area (Å²) in [5, 5.41) is 0. The van der Waals surface area contributed by atoms with Gasteiger partial charge in [0.2, 0.25) is 0 Å². The predicted octanol–water partition coefficient (Wildman–Crippen LogP) is 3.17. The van der Waals surface area contributed by atoms with Gasteiger partial charge < -0.3 is 9.47 Å². The second-order valence-electron chi connectivity index (χ2n) is 5.49. The zero-order chi connectivity index (χ0) is 13.4. The van der Waals surface area contributed by atoms with E-state index in [9.17, 15) is 4.79 Å². The van der Waals surface area contributed by atoms with Crippen molar-refractivity contribution in [2.24, 2.45) is 0 Å². The van der Waals surface area contributed by atoms with Crippen molar-refractivity contribution < 1.29 is 14.3 Å². The van der Waals surface area contributed by atoms with Crippen LogP contribution < -0.4 is 0 Å². The third-order valence-electron chi connectivity index (χ3n) is 2.63. The molecule has 0 spiro atoms. The highest BCUT2D eigenvalue weighted by Crippen LogP contribution is 2.17. The van der Waals surface area contributed by atoms with Crippen molar-refractivity contribution >= 4 is 14.5 Å². The van der Waals surface area contributed by atoms with Gasteiger partial charge in [0.1, 0.15) is 0 Å². The van der Waals surface area contributed by atoms with Gasteiger partial charge in [-0.1, -0.05) is 50.0 Å². The number of ether oxygens (including phenoxy) is 2. The molecule has 0 N–H and O–H groups in total. The molecule has 0 aliphatic rings. The summed E-state index contributed by atoms with van der Waals surface area (Å²) in [7, 11) is -1.07. The van der Waals surface area contributed by atoms with E-state index in [2.05, 4.69) is 19.6 Å². The standard InChI is InChI=1S/C14H21O3Si/c1-18(2,3)10-9-16-11-14(17-12-15)13-7-5-4-6-8-13/h4-8,14H,9-11H2,1-3H3. The lowest BCUT2D eigenvalue weighted by Gasteiger charge is -2.18. The van der Waals surface area contributed by atoms with Crippen LogP contribution >= 0.6 is 0 Å². The Balaban J connectivity index is 2.42. The van der Waals surface area contributed by atoms with Crippen LogP contribution in [0.5, 0.6) is 0 Å². The first-order chi connectivity index (χ1) is 8.53. The number of benzene rings is 1. The molecule has 0 fully saturated rings. The zero-order valence-electron chi connectivity index (χ0n) is 11.3. The molecule has 1 radical (unpaired) electrons. The van der Waals surface area contributed by atoms with Crippen LogP contribution in [0.3, 0.4) is 0 Å². The average Bonchev–Trinajstić information content (AvgIpc) is 2.33. The van der Waals surface area contributed by atoms with E-state index in [1.165, 1.54) is 6.47 Å². The van der Waals surface area contributed by atoms with Crippen LogP contribution in [0.4, 0.5) is 0 Å². The summed E-state index contributed by atoms with van der Waals surface area (Å²) in [6, 6.07) is 10.7. The molecule has 1 aromatic rings. The van der Waals surface area contributed by atoms with Crippen molar-refractivity contribution in [2.75, 3.05) is 13.2 Å². The molecule has 0 bridgehead atoms. The summed E-state index contributed by atoms with van der Waals surface area (Å²) < 4.78 is 10.6. The van der Waals surface area contributed by atoms with Gasteiger partial charge >= 0.3 is 6.47 Å². The van der Waals surface area contributed by atoms with Crippen molar-refractivity contribution in [1.29, 1.82) is 0 Å². The van der Waals surface area contributed by atoms with E-state index < -0.39 is 8.07 Å². The van der Waals surface area contributed by atoms with Crippen LogP contribution in [0.2, 0.25) is 25.7 Å². The third-order valence-corrected chi connectivity index (χ3v) is 4.33. The average molecular weight is 265 g/mol. The van der Waals surface area contributed by atoms with Gasteiger partial charge in [0, 0.05) is 14.7 Å². The van der Waals surface area contributed by atoms with Gasteiger partial charge in [-0.3, -0.25) is 0 Å². The van der Waals surface area contributed by atoms with E-state index in [0.717, 1.165) is 18.2 Å². The molecular formula is C14H21O3Si. The zero-order valence-corrected chi connectivity index (χ0v) is 12.3. The molecule has 4 heteroatoms. The Hall–Kier alpha value is -1.13. The lowest BCUT2D eigenvalue weighted by Crippen LogP contribution is -2.22. The van der Waals surface area contributed by atoms with Gasteiger partial charge in [-0.15, -0.1) is 0 Å². The fraction of sp³-hybridized carbons (Fsp3) is 0.500. The molecule has 18 heavy (non-hydrogen) atoms. The van der Waals surface area contributed by atoms with Crippen LogP contribution in [0.15, 0.2) is 30.3 Å². The molecule has 3 nitrogen and oxygen atoms in total. The normalized spacial score (nSPS) is 13.1. The minimum Gasteiger partial charge on any atom is -0.447 e. The predicted molar refractivity (Wildman–Crippen MR) is 74.9 cm³/mol. The SMILES string of the molecule is C[Si](C)(C)CCOCC(O[C]=O)c1ccccc1. The van der Waals surface area contributed by atoms with Crippen LogP contribution in [-0.4, -0.2) is 27.8 Å². The van der Waals surface area contributed by atoms with Gasteiger partial charge in [0.15, 0.2) is 6.10 Å². The Morgan fingerprint density at radius 1 is 1.22 bits per heavy atom. The summed E-state index contributed by atoms with van der Waals surface area (Å²) in [6.07, 6.45) is -0.356. The Bertz CT molecular complexity index is 346.